The molecule has 140 valence electrons. The maximum atomic E-state index is 13.3. The first-order valence-electron chi connectivity index (χ1n) is 9.31. The van der Waals surface area contributed by atoms with Crippen molar-refractivity contribution >= 4 is 33.1 Å². The predicted octanol–water partition coefficient (Wildman–Crippen LogP) is 3.72. The van der Waals surface area contributed by atoms with E-state index >= 15 is 0 Å². The fourth-order valence-corrected chi connectivity index (χ4v) is 4.96. The molecule has 4 heterocycles. The Hall–Kier alpha value is -2.99. The third-order valence-corrected chi connectivity index (χ3v) is 6.72. The summed E-state index contributed by atoms with van der Waals surface area (Å²) in [5.41, 5.74) is 4.25. The molecule has 0 fully saturated rings. The van der Waals surface area contributed by atoms with E-state index in [-0.39, 0.29) is 11.5 Å². The fraction of sp³-hybridized carbons (Fsp3) is 0.227. The summed E-state index contributed by atoms with van der Waals surface area (Å²) in [5.74, 6) is -0.0798. The van der Waals surface area contributed by atoms with Gasteiger partial charge in [0, 0.05) is 24.2 Å². The SMILES string of the molecule is Cc1sc2nc3c(C(=O)N4CCc5ccccc5C4)cccn3c(=O)c2c1C. The van der Waals surface area contributed by atoms with Gasteiger partial charge in [0.05, 0.1) is 10.9 Å². The van der Waals surface area contributed by atoms with Crippen LogP contribution in [0.4, 0.5) is 0 Å². The molecule has 1 aliphatic rings. The van der Waals surface area contributed by atoms with E-state index in [0.717, 1.165) is 16.9 Å². The second-order valence-electron chi connectivity index (χ2n) is 7.24. The quantitative estimate of drug-likeness (QED) is 0.499. The Morgan fingerprint density at radius 1 is 1.11 bits per heavy atom. The van der Waals surface area contributed by atoms with Gasteiger partial charge in [-0.25, -0.2) is 4.98 Å². The second kappa shape index (κ2) is 6.27. The van der Waals surface area contributed by atoms with Crippen LogP contribution in [-0.2, 0) is 13.0 Å². The summed E-state index contributed by atoms with van der Waals surface area (Å²) >= 11 is 1.51. The van der Waals surface area contributed by atoms with Crippen molar-refractivity contribution in [1.29, 1.82) is 0 Å². The van der Waals surface area contributed by atoms with Crippen LogP contribution in [0.25, 0.3) is 15.9 Å². The molecular formula is C22H19N3O2S. The Labute approximate surface area is 165 Å². The molecule has 4 aromatic rings. The number of amides is 1. The minimum absolute atomic E-state index is 0.0798. The summed E-state index contributed by atoms with van der Waals surface area (Å²) in [7, 11) is 0. The molecule has 5 nitrogen and oxygen atoms in total. The lowest BCUT2D eigenvalue weighted by molar-refractivity contribution is 0.0736. The molecular weight excluding hydrogens is 370 g/mol. The van der Waals surface area contributed by atoms with Crippen molar-refractivity contribution in [2.24, 2.45) is 0 Å². The molecule has 1 amide bonds. The number of nitrogens with zero attached hydrogens (tertiary/aromatic N) is 3. The van der Waals surface area contributed by atoms with Crippen LogP contribution in [0.1, 0.15) is 31.9 Å². The van der Waals surface area contributed by atoms with Crippen molar-refractivity contribution in [2.75, 3.05) is 6.54 Å². The Morgan fingerprint density at radius 2 is 1.89 bits per heavy atom. The summed E-state index contributed by atoms with van der Waals surface area (Å²) in [4.78, 5) is 34.7. The first-order valence-corrected chi connectivity index (χ1v) is 10.1. The predicted molar refractivity (Wildman–Crippen MR) is 111 cm³/mol. The maximum absolute atomic E-state index is 13.3. The van der Waals surface area contributed by atoms with E-state index in [2.05, 4.69) is 12.1 Å². The molecule has 0 unspecified atom stereocenters. The third kappa shape index (κ3) is 2.48. The normalized spacial score (nSPS) is 13.9. The van der Waals surface area contributed by atoms with Crippen molar-refractivity contribution < 1.29 is 4.79 Å². The highest BCUT2D eigenvalue weighted by Gasteiger charge is 2.24. The zero-order chi connectivity index (χ0) is 19.4. The van der Waals surface area contributed by atoms with E-state index in [4.69, 9.17) is 4.98 Å². The van der Waals surface area contributed by atoms with Gasteiger partial charge >= 0.3 is 0 Å². The van der Waals surface area contributed by atoms with Crippen LogP contribution in [0.3, 0.4) is 0 Å². The summed E-state index contributed by atoms with van der Waals surface area (Å²) in [6.07, 6.45) is 2.53. The smallest absolute Gasteiger partial charge is 0.266 e. The molecule has 0 N–H and O–H groups in total. The van der Waals surface area contributed by atoms with Gasteiger partial charge in [0.25, 0.3) is 11.5 Å². The van der Waals surface area contributed by atoms with Crippen LogP contribution in [-0.4, -0.2) is 26.7 Å². The van der Waals surface area contributed by atoms with Gasteiger partial charge < -0.3 is 4.90 Å². The van der Waals surface area contributed by atoms with Crippen LogP contribution < -0.4 is 5.56 Å². The van der Waals surface area contributed by atoms with Gasteiger partial charge in [-0.1, -0.05) is 24.3 Å². The number of pyridine rings is 1. The number of carbonyl (C=O) groups excluding carboxylic acids is 1. The van der Waals surface area contributed by atoms with E-state index in [1.54, 1.807) is 18.3 Å². The summed E-state index contributed by atoms with van der Waals surface area (Å²) in [6, 6.07) is 11.7. The van der Waals surface area contributed by atoms with Crippen molar-refractivity contribution in [2.45, 2.75) is 26.8 Å². The number of thiophene rings is 1. The molecule has 0 bridgehead atoms. The van der Waals surface area contributed by atoms with Gasteiger partial charge in [-0.3, -0.25) is 14.0 Å². The van der Waals surface area contributed by atoms with Crippen molar-refractivity contribution in [1.82, 2.24) is 14.3 Å². The first kappa shape index (κ1) is 17.1. The highest BCUT2D eigenvalue weighted by Crippen LogP contribution is 2.27. The van der Waals surface area contributed by atoms with E-state index in [1.807, 2.05) is 30.9 Å². The van der Waals surface area contributed by atoms with Crippen molar-refractivity contribution in [3.63, 3.8) is 0 Å². The molecule has 0 saturated heterocycles. The molecule has 0 atom stereocenters. The molecule has 0 aliphatic carbocycles. The lowest BCUT2D eigenvalue weighted by Crippen LogP contribution is -2.36. The van der Waals surface area contributed by atoms with Crippen molar-refractivity contribution in [3.05, 3.63) is 80.1 Å². The molecule has 5 rings (SSSR count). The van der Waals surface area contributed by atoms with Gasteiger partial charge in [0.1, 0.15) is 4.83 Å². The third-order valence-electron chi connectivity index (χ3n) is 5.62. The lowest BCUT2D eigenvalue weighted by Gasteiger charge is -2.29. The molecule has 0 radical (unpaired) electrons. The Bertz CT molecular complexity index is 1320. The average molecular weight is 389 g/mol. The highest BCUT2D eigenvalue weighted by molar-refractivity contribution is 7.18. The van der Waals surface area contributed by atoms with E-state index < -0.39 is 0 Å². The average Bonchev–Trinajstić information content (AvgIpc) is 3.00. The van der Waals surface area contributed by atoms with Crippen LogP contribution in [0.2, 0.25) is 0 Å². The minimum atomic E-state index is -0.111. The number of aryl methyl sites for hydroxylation is 2. The molecule has 1 aliphatic heterocycles. The second-order valence-corrected chi connectivity index (χ2v) is 8.44. The molecule has 0 saturated carbocycles. The van der Waals surface area contributed by atoms with Gasteiger partial charge in [-0.05, 0) is 49.1 Å². The van der Waals surface area contributed by atoms with E-state index in [9.17, 15) is 9.59 Å². The number of rotatable bonds is 1. The number of fused-ring (bicyclic) bond motifs is 3. The van der Waals surface area contributed by atoms with Crippen LogP contribution in [0, 0.1) is 13.8 Å². The Kier molecular flexibility index (Phi) is 3.84. The molecule has 1 aromatic carbocycles. The van der Waals surface area contributed by atoms with Gasteiger partial charge in [0.15, 0.2) is 5.65 Å². The van der Waals surface area contributed by atoms with E-state index in [0.29, 0.717) is 34.5 Å². The number of hydrogen-bond acceptors (Lipinski definition) is 4. The summed E-state index contributed by atoms with van der Waals surface area (Å²) in [5, 5.41) is 0.650. The molecule has 3 aromatic heterocycles. The fourth-order valence-electron chi connectivity index (χ4n) is 3.94. The summed E-state index contributed by atoms with van der Waals surface area (Å²) in [6.45, 7) is 5.19. The standard InChI is InChI=1S/C22H19N3O2S/c1-13-14(2)28-20-18(13)22(27)25-10-5-8-17(19(25)23-20)21(26)24-11-9-15-6-3-4-7-16(15)12-24/h3-8,10H,9,11-12H2,1-2H3. The first-order chi connectivity index (χ1) is 13.5. The maximum Gasteiger partial charge on any atom is 0.266 e. The Morgan fingerprint density at radius 3 is 2.71 bits per heavy atom. The zero-order valence-electron chi connectivity index (χ0n) is 15.7. The number of carbonyl (C=O) groups is 1. The number of hydrogen-bond donors (Lipinski definition) is 0. The molecule has 6 heteroatoms. The van der Waals surface area contributed by atoms with Crippen molar-refractivity contribution in [3.8, 4) is 0 Å². The lowest BCUT2D eigenvalue weighted by atomic mass is 9.99. The Balaban J connectivity index is 1.64. The highest BCUT2D eigenvalue weighted by atomic mass is 32.1. The zero-order valence-corrected chi connectivity index (χ0v) is 16.5. The summed E-state index contributed by atoms with van der Waals surface area (Å²) < 4.78 is 1.51. The van der Waals surface area contributed by atoms with Gasteiger partial charge in [-0.15, -0.1) is 11.3 Å². The van der Waals surface area contributed by atoms with Gasteiger partial charge in [-0.2, -0.15) is 0 Å². The number of aromatic nitrogens is 2. The van der Waals surface area contributed by atoms with Crippen LogP contribution in [0.5, 0.6) is 0 Å². The largest absolute Gasteiger partial charge is 0.334 e. The topological polar surface area (TPSA) is 54.7 Å². The van der Waals surface area contributed by atoms with Gasteiger partial charge in [0.2, 0.25) is 0 Å². The molecule has 28 heavy (non-hydrogen) atoms. The minimum Gasteiger partial charge on any atom is -0.334 e. The monoisotopic (exact) mass is 389 g/mol. The van der Waals surface area contributed by atoms with Crippen LogP contribution in [0.15, 0.2) is 47.4 Å². The van der Waals surface area contributed by atoms with E-state index in [1.165, 1.54) is 26.9 Å². The molecule has 0 spiro atoms. The van der Waals surface area contributed by atoms with Crippen LogP contribution >= 0.6 is 11.3 Å². The number of benzene rings is 1.